The minimum atomic E-state index is 0.428. The molecule has 0 aliphatic rings. The van der Waals surface area contributed by atoms with E-state index >= 15 is 0 Å². The summed E-state index contributed by atoms with van der Waals surface area (Å²) < 4.78 is 0. The monoisotopic (exact) mass is 246 g/mol. The van der Waals surface area contributed by atoms with Gasteiger partial charge in [-0.15, -0.1) is 11.6 Å². The molecule has 0 fully saturated rings. The van der Waals surface area contributed by atoms with Crippen LogP contribution in [0, 0.1) is 0 Å². The molecule has 1 unspecified atom stereocenters. The Morgan fingerprint density at radius 1 is 1.53 bits per heavy atom. The summed E-state index contributed by atoms with van der Waals surface area (Å²) in [5, 5.41) is 0.663. The predicted molar refractivity (Wildman–Crippen MR) is 67.0 cm³/mol. The van der Waals surface area contributed by atoms with E-state index in [-0.39, 0.29) is 0 Å². The van der Waals surface area contributed by atoms with Crippen LogP contribution in [0.5, 0.6) is 0 Å². The van der Waals surface area contributed by atoms with E-state index in [2.05, 4.69) is 23.7 Å². The molecule has 0 saturated heterocycles. The fraction of sp³-hybridized carbons (Fsp3) is 0.545. The van der Waals surface area contributed by atoms with Crippen LogP contribution in [-0.2, 0) is 5.88 Å². The highest BCUT2D eigenvalue weighted by molar-refractivity contribution is 6.33. The van der Waals surface area contributed by atoms with Gasteiger partial charge in [0.1, 0.15) is 5.82 Å². The number of aromatic nitrogens is 1. The second-order valence-corrected chi connectivity index (χ2v) is 4.33. The number of pyridine rings is 1. The number of alkyl halides is 1. The van der Waals surface area contributed by atoms with Crippen molar-refractivity contribution in [3.8, 4) is 0 Å². The Labute approximate surface area is 101 Å². The summed E-state index contributed by atoms with van der Waals surface area (Å²) in [6, 6.07) is 2.30. The van der Waals surface area contributed by atoms with Gasteiger partial charge in [0, 0.05) is 25.2 Å². The van der Waals surface area contributed by atoms with Crippen molar-refractivity contribution < 1.29 is 0 Å². The lowest BCUT2D eigenvalue weighted by Crippen LogP contribution is -2.29. The lowest BCUT2D eigenvalue weighted by Gasteiger charge is -2.25. The molecule has 0 saturated carbocycles. The van der Waals surface area contributed by atoms with Crippen molar-refractivity contribution in [3.63, 3.8) is 0 Å². The number of anilines is 1. The summed E-state index contributed by atoms with van der Waals surface area (Å²) in [6.07, 6.45) is 2.83. The molecular formula is C11H16Cl2N2. The summed E-state index contributed by atoms with van der Waals surface area (Å²) in [7, 11) is 2.00. The Balaban J connectivity index is 2.95. The molecule has 1 rings (SSSR count). The summed E-state index contributed by atoms with van der Waals surface area (Å²) in [5.41, 5.74) is 0.947. The maximum absolute atomic E-state index is 6.14. The number of hydrogen-bond donors (Lipinski definition) is 0. The molecule has 15 heavy (non-hydrogen) atoms. The van der Waals surface area contributed by atoms with Crippen LogP contribution in [0.2, 0.25) is 5.02 Å². The van der Waals surface area contributed by atoms with Crippen LogP contribution in [0.15, 0.2) is 12.3 Å². The van der Waals surface area contributed by atoms with E-state index in [0.717, 1.165) is 17.8 Å². The van der Waals surface area contributed by atoms with Crippen LogP contribution < -0.4 is 4.90 Å². The molecule has 0 aliphatic carbocycles. The van der Waals surface area contributed by atoms with Crippen molar-refractivity contribution in [2.45, 2.75) is 32.2 Å². The standard InChI is InChI=1S/C11H16Cl2N2/c1-4-8(2)15(3)11-10(13)5-9(6-12)7-14-11/h5,7-8H,4,6H2,1-3H3. The van der Waals surface area contributed by atoms with Crippen molar-refractivity contribution in [2.24, 2.45) is 0 Å². The summed E-state index contributed by atoms with van der Waals surface area (Å²) in [6.45, 7) is 4.29. The Morgan fingerprint density at radius 2 is 2.20 bits per heavy atom. The van der Waals surface area contributed by atoms with Gasteiger partial charge < -0.3 is 4.90 Å². The van der Waals surface area contributed by atoms with Crippen LogP contribution in [0.4, 0.5) is 5.82 Å². The minimum absolute atomic E-state index is 0.428. The smallest absolute Gasteiger partial charge is 0.147 e. The maximum Gasteiger partial charge on any atom is 0.147 e. The van der Waals surface area contributed by atoms with Crippen LogP contribution in [0.3, 0.4) is 0 Å². The number of nitrogens with zero attached hydrogens (tertiary/aromatic N) is 2. The van der Waals surface area contributed by atoms with E-state index in [9.17, 15) is 0 Å². The Morgan fingerprint density at radius 3 is 2.67 bits per heavy atom. The molecule has 1 atom stereocenters. The molecule has 2 nitrogen and oxygen atoms in total. The highest BCUT2D eigenvalue weighted by atomic mass is 35.5. The molecular weight excluding hydrogens is 231 g/mol. The molecule has 1 aromatic rings. The number of halogens is 2. The van der Waals surface area contributed by atoms with Gasteiger partial charge in [0.05, 0.1) is 5.02 Å². The normalized spacial score (nSPS) is 12.6. The SMILES string of the molecule is CCC(C)N(C)c1ncc(CCl)cc1Cl. The van der Waals surface area contributed by atoms with Gasteiger partial charge in [0.25, 0.3) is 0 Å². The third-order valence-corrected chi connectivity index (χ3v) is 3.21. The molecule has 0 N–H and O–H groups in total. The van der Waals surface area contributed by atoms with Crippen LogP contribution in [0.25, 0.3) is 0 Å². The molecule has 0 aromatic carbocycles. The summed E-state index contributed by atoms with van der Waals surface area (Å²) >= 11 is 11.8. The van der Waals surface area contributed by atoms with E-state index in [1.54, 1.807) is 6.20 Å². The van der Waals surface area contributed by atoms with Gasteiger partial charge >= 0.3 is 0 Å². The highest BCUT2D eigenvalue weighted by Gasteiger charge is 2.12. The minimum Gasteiger partial charge on any atom is -0.356 e. The zero-order valence-electron chi connectivity index (χ0n) is 9.30. The zero-order chi connectivity index (χ0) is 11.4. The van der Waals surface area contributed by atoms with Crippen molar-refractivity contribution >= 4 is 29.0 Å². The first-order valence-electron chi connectivity index (χ1n) is 5.03. The first-order valence-corrected chi connectivity index (χ1v) is 5.94. The van der Waals surface area contributed by atoms with Gasteiger partial charge in [-0.1, -0.05) is 18.5 Å². The van der Waals surface area contributed by atoms with E-state index in [1.165, 1.54) is 0 Å². The van der Waals surface area contributed by atoms with Crippen molar-refractivity contribution in [1.82, 2.24) is 4.98 Å². The number of rotatable bonds is 4. The first kappa shape index (κ1) is 12.6. The van der Waals surface area contributed by atoms with Gasteiger partial charge in [0.15, 0.2) is 0 Å². The van der Waals surface area contributed by atoms with Gasteiger partial charge in [-0.2, -0.15) is 0 Å². The van der Waals surface area contributed by atoms with E-state index in [4.69, 9.17) is 23.2 Å². The first-order chi connectivity index (χ1) is 7.10. The van der Waals surface area contributed by atoms with E-state index in [1.807, 2.05) is 13.1 Å². The molecule has 84 valence electrons. The van der Waals surface area contributed by atoms with Crippen molar-refractivity contribution in [2.75, 3.05) is 11.9 Å². The van der Waals surface area contributed by atoms with Crippen molar-refractivity contribution in [3.05, 3.63) is 22.8 Å². The molecule has 0 radical (unpaired) electrons. The van der Waals surface area contributed by atoms with Gasteiger partial charge in [-0.3, -0.25) is 0 Å². The topological polar surface area (TPSA) is 16.1 Å². The summed E-state index contributed by atoms with van der Waals surface area (Å²) in [5.74, 6) is 1.26. The summed E-state index contributed by atoms with van der Waals surface area (Å²) in [4.78, 5) is 6.41. The third-order valence-electron chi connectivity index (χ3n) is 2.62. The third kappa shape index (κ3) is 2.99. The Kier molecular flexibility index (Phi) is 4.68. The Bertz CT molecular complexity index is 328. The lowest BCUT2D eigenvalue weighted by molar-refractivity contribution is 0.657. The molecule has 0 bridgehead atoms. The quantitative estimate of drug-likeness (QED) is 0.754. The maximum atomic E-state index is 6.14. The average molecular weight is 247 g/mol. The molecule has 1 aromatic heterocycles. The van der Waals surface area contributed by atoms with Crippen LogP contribution in [0.1, 0.15) is 25.8 Å². The predicted octanol–water partition coefficient (Wildman–Crippen LogP) is 3.71. The molecule has 1 heterocycles. The Hall–Kier alpha value is -0.470. The van der Waals surface area contributed by atoms with Crippen LogP contribution >= 0.6 is 23.2 Å². The number of hydrogen-bond acceptors (Lipinski definition) is 2. The van der Waals surface area contributed by atoms with Gasteiger partial charge in [-0.05, 0) is 25.0 Å². The van der Waals surface area contributed by atoms with E-state index < -0.39 is 0 Å². The fourth-order valence-corrected chi connectivity index (χ4v) is 1.75. The molecule has 0 spiro atoms. The lowest BCUT2D eigenvalue weighted by atomic mass is 10.2. The van der Waals surface area contributed by atoms with E-state index in [0.29, 0.717) is 16.9 Å². The van der Waals surface area contributed by atoms with Gasteiger partial charge in [-0.25, -0.2) is 4.98 Å². The van der Waals surface area contributed by atoms with Gasteiger partial charge in [0.2, 0.25) is 0 Å². The zero-order valence-corrected chi connectivity index (χ0v) is 10.8. The van der Waals surface area contributed by atoms with Crippen LogP contribution in [-0.4, -0.2) is 18.1 Å². The second kappa shape index (κ2) is 5.57. The largest absolute Gasteiger partial charge is 0.356 e. The molecule has 0 amide bonds. The van der Waals surface area contributed by atoms with Crippen molar-refractivity contribution in [1.29, 1.82) is 0 Å². The molecule has 0 aliphatic heterocycles. The average Bonchev–Trinajstić information content (AvgIpc) is 2.26. The second-order valence-electron chi connectivity index (χ2n) is 3.65. The fourth-order valence-electron chi connectivity index (χ4n) is 1.29. The molecule has 4 heteroatoms. The highest BCUT2D eigenvalue weighted by Crippen LogP contribution is 2.25.